The van der Waals surface area contributed by atoms with Crippen LogP contribution >= 0.6 is 0 Å². The van der Waals surface area contributed by atoms with E-state index in [-0.39, 0.29) is 11.9 Å². The van der Waals surface area contributed by atoms with Crippen LogP contribution in [0.1, 0.15) is 50.2 Å². The van der Waals surface area contributed by atoms with Crippen LogP contribution in [0.4, 0.5) is 13.2 Å². The van der Waals surface area contributed by atoms with E-state index >= 15 is 0 Å². The maximum absolute atomic E-state index is 12.9. The third-order valence-electron chi connectivity index (χ3n) is 8.12. The van der Waals surface area contributed by atoms with Crippen molar-refractivity contribution >= 4 is 12.0 Å². The number of esters is 1. The van der Waals surface area contributed by atoms with Gasteiger partial charge in [-0.2, -0.15) is 18.4 Å². The Kier molecular flexibility index (Phi) is 11.1. The zero-order valence-corrected chi connectivity index (χ0v) is 26.4. The Hall–Kier alpha value is -5.61. The monoisotopic (exact) mass is 645 g/mol. The lowest BCUT2D eigenvalue weighted by molar-refractivity contribution is -0.137. The molecule has 0 saturated carbocycles. The second-order valence-electron chi connectivity index (χ2n) is 11.5. The summed E-state index contributed by atoms with van der Waals surface area (Å²) in [5.74, 6) is 0.537. The number of allylic oxidation sites excluding steroid dienone is 1. The number of benzene rings is 5. The van der Waals surface area contributed by atoms with Crippen LogP contribution in [0.3, 0.4) is 0 Å². The largest absolute Gasteiger partial charge is 0.488 e. The van der Waals surface area contributed by atoms with Gasteiger partial charge in [-0.1, -0.05) is 91.0 Å². The Morgan fingerprint density at radius 3 is 2.02 bits per heavy atom. The molecule has 0 amide bonds. The zero-order valence-electron chi connectivity index (χ0n) is 26.4. The maximum atomic E-state index is 12.9. The second-order valence-corrected chi connectivity index (χ2v) is 11.5. The van der Waals surface area contributed by atoms with Crippen LogP contribution in [0.2, 0.25) is 0 Å². The molecule has 0 fully saturated rings. The highest BCUT2D eigenvalue weighted by molar-refractivity contribution is 5.89. The molecule has 0 aliphatic rings. The average Bonchev–Trinajstić information content (AvgIpc) is 3.12. The van der Waals surface area contributed by atoms with Crippen LogP contribution in [0, 0.1) is 17.2 Å². The molecular weight excluding hydrogens is 611 g/mol. The number of rotatable bonds is 12. The molecule has 1 atom stereocenters. The minimum atomic E-state index is -4.36. The van der Waals surface area contributed by atoms with E-state index in [1.54, 1.807) is 12.1 Å². The maximum Gasteiger partial charge on any atom is 0.416 e. The van der Waals surface area contributed by atoms with E-state index in [0.29, 0.717) is 23.3 Å². The van der Waals surface area contributed by atoms with Gasteiger partial charge in [-0.15, -0.1) is 0 Å². The van der Waals surface area contributed by atoms with E-state index in [2.05, 4.69) is 18.2 Å². The molecule has 4 nitrogen and oxygen atoms in total. The topological polar surface area (TPSA) is 59.3 Å². The van der Waals surface area contributed by atoms with E-state index < -0.39 is 11.7 Å². The number of halogens is 3. The van der Waals surface area contributed by atoms with Crippen molar-refractivity contribution in [3.05, 3.63) is 166 Å². The number of aryl methyl sites for hydroxylation is 1. The number of carbonyl (C=O) groups is 1. The van der Waals surface area contributed by atoms with Crippen LogP contribution in [0.5, 0.6) is 5.75 Å². The molecule has 48 heavy (non-hydrogen) atoms. The van der Waals surface area contributed by atoms with Gasteiger partial charge in [0, 0.05) is 5.56 Å². The van der Waals surface area contributed by atoms with Crippen molar-refractivity contribution in [3.63, 3.8) is 0 Å². The minimum Gasteiger partial charge on any atom is -0.488 e. The van der Waals surface area contributed by atoms with Gasteiger partial charge in [-0.3, -0.25) is 0 Å². The zero-order chi connectivity index (χ0) is 33.9. The lowest BCUT2D eigenvalue weighted by atomic mass is 9.91. The van der Waals surface area contributed by atoms with Crippen LogP contribution in [-0.4, -0.2) is 13.1 Å². The summed E-state index contributed by atoms with van der Waals surface area (Å²) in [4.78, 5) is 11.9. The number of carbonyl (C=O) groups excluding carboxylic acids is 1. The third-order valence-corrected chi connectivity index (χ3v) is 8.12. The molecule has 0 aromatic heterocycles. The van der Waals surface area contributed by atoms with Crippen molar-refractivity contribution in [1.29, 1.82) is 5.26 Å². The Labute approximate surface area is 278 Å². The lowest BCUT2D eigenvalue weighted by Gasteiger charge is -2.15. The molecule has 0 bridgehead atoms. The smallest absolute Gasteiger partial charge is 0.416 e. The van der Waals surface area contributed by atoms with Gasteiger partial charge in [-0.25, -0.2) is 4.79 Å². The fourth-order valence-electron chi connectivity index (χ4n) is 5.36. The summed E-state index contributed by atoms with van der Waals surface area (Å²) in [7, 11) is 1.37. The first-order valence-corrected chi connectivity index (χ1v) is 15.5. The average molecular weight is 646 g/mol. The van der Waals surface area contributed by atoms with Crippen molar-refractivity contribution < 1.29 is 27.4 Å². The summed E-state index contributed by atoms with van der Waals surface area (Å²) in [5, 5.41) is 9.14. The first-order chi connectivity index (χ1) is 23.2. The van der Waals surface area contributed by atoms with E-state index in [4.69, 9.17) is 14.7 Å². The summed E-state index contributed by atoms with van der Waals surface area (Å²) < 4.78 is 49.8. The van der Waals surface area contributed by atoms with Crippen LogP contribution in [0.15, 0.2) is 127 Å². The van der Waals surface area contributed by atoms with Crippen molar-refractivity contribution in [1.82, 2.24) is 0 Å². The highest BCUT2D eigenvalue weighted by Gasteiger charge is 2.30. The molecule has 0 aliphatic heterocycles. The van der Waals surface area contributed by atoms with Crippen LogP contribution < -0.4 is 4.74 Å². The predicted octanol–water partition coefficient (Wildman–Crippen LogP) is 10.1. The number of hydrogen-bond donors (Lipinski definition) is 0. The summed E-state index contributed by atoms with van der Waals surface area (Å²) in [6, 6.07) is 37.8. The van der Waals surface area contributed by atoms with Gasteiger partial charge in [-0.05, 0) is 95.5 Å². The fraction of sp³-hybridized carbons (Fsp3) is 0.171. The molecule has 0 aliphatic carbocycles. The predicted molar refractivity (Wildman–Crippen MR) is 181 cm³/mol. The summed E-state index contributed by atoms with van der Waals surface area (Å²) in [6.07, 6.45) is 2.38. The second kappa shape index (κ2) is 15.8. The molecule has 5 aromatic rings. The van der Waals surface area contributed by atoms with E-state index in [9.17, 15) is 18.0 Å². The van der Waals surface area contributed by atoms with E-state index in [1.807, 2.05) is 84.9 Å². The SMILES string of the molecule is COC(=O)c1ccc(CC(C=Cc2ccccc2OCc2ccc(-c3ccc(C(F)(F)F)cc3)cc2)CCc2ccc(C#N)cc2)cc1. The number of nitrogens with zero attached hydrogens (tertiary/aromatic N) is 1. The number of ether oxygens (including phenoxy) is 2. The molecule has 0 spiro atoms. The van der Waals surface area contributed by atoms with Crippen LogP contribution in [-0.2, 0) is 30.4 Å². The molecule has 242 valence electrons. The Morgan fingerprint density at radius 2 is 1.40 bits per heavy atom. The normalized spacial score (nSPS) is 12.0. The van der Waals surface area contributed by atoms with Crippen molar-refractivity contribution in [2.75, 3.05) is 7.11 Å². The number of nitriles is 1. The van der Waals surface area contributed by atoms with Crippen molar-refractivity contribution in [2.45, 2.75) is 32.0 Å². The minimum absolute atomic E-state index is 0.176. The summed E-state index contributed by atoms with van der Waals surface area (Å²) >= 11 is 0. The van der Waals surface area contributed by atoms with Gasteiger partial charge in [0.1, 0.15) is 12.4 Å². The number of para-hydroxylation sites is 1. The van der Waals surface area contributed by atoms with Gasteiger partial charge in [0.2, 0.25) is 0 Å². The molecule has 0 heterocycles. The molecule has 5 rings (SSSR count). The van der Waals surface area contributed by atoms with Gasteiger partial charge in [0.05, 0.1) is 29.9 Å². The number of hydrogen-bond acceptors (Lipinski definition) is 4. The van der Waals surface area contributed by atoms with Gasteiger partial charge in [0.25, 0.3) is 0 Å². The van der Waals surface area contributed by atoms with Crippen molar-refractivity contribution in [2.24, 2.45) is 5.92 Å². The Balaban J connectivity index is 1.27. The quantitative estimate of drug-likeness (QED) is 0.127. The first-order valence-electron chi connectivity index (χ1n) is 15.5. The third kappa shape index (κ3) is 9.23. The van der Waals surface area contributed by atoms with E-state index in [0.717, 1.165) is 65.0 Å². The Morgan fingerprint density at radius 1 is 0.792 bits per heavy atom. The van der Waals surface area contributed by atoms with Gasteiger partial charge < -0.3 is 9.47 Å². The molecule has 0 radical (unpaired) electrons. The van der Waals surface area contributed by atoms with Gasteiger partial charge >= 0.3 is 12.1 Å². The summed E-state index contributed by atoms with van der Waals surface area (Å²) in [5.41, 5.74) is 6.11. The molecule has 0 saturated heterocycles. The standard InChI is InChI=1S/C41H34F3NO3/c1-47-40(46)37-20-13-31(14-21-37)26-30(9-6-29-7-10-32(27-45)11-8-29)12-19-36-4-2-3-5-39(36)48-28-33-15-17-34(18-16-33)35-22-24-38(25-23-35)41(42,43)44/h2-5,7-8,10-25,30H,6,9,26,28H2,1H3. The first kappa shape index (κ1) is 33.7. The number of alkyl halides is 3. The molecule has 5 aromatic carbocycles. The molecule has 1 unspecified atom stereocenters. The lowest BCUT2D eigenvalue weighted by Crippen LogP contribution is -2.05. The fourth-order valence-corrected chi connectivity index (χ4v) is 5.36. The molecule has 7 heteroatoms. The van der Waals surface area contributed by atoms with Crippen LogP contribution in [0.25, 0.3) is 17.2 Å². The van der Waals surface area contributed by atoms with Crippen molar-refractivity contribution in [3.8, 4) is 22.9 Å². The highest BCUT2D eigenvalue weighted by atomic mass is 19.4. The molecular formula is C41H34F3NO3. The Bertz CT molecular complexity index is 1870. The van der Waals surface area contributed by atoms with E-state index in [1.165, 1.54) is 19.2 Å². The number of methoxy groups -OCH3 is 1. The molecule has 0 N–H and O–H groups in total. The van der Waals surface area contributed by atoms with Gasteiger partial charge in [0.15, 0.2) is 0 Å². The highest BCUT2D eigenvalue weighted by Crippen LogP contribution is 2.31. The summed E-state index contributed by atoms with van der Waals surface area (Å²) in [6.45, 7) is 0.326.